The second kappa shape index (κ2) is 9.85. The summed E-state index contributed by atoms with van der Waals surface area (Å²) in [6.07, 6.45) is 7.21. The van der Waals surface area contributed by atoms with E-state index in [0.717, 1.165) is 5.96 Å². The normalized spacial score (nSPS) is 16.3. The first kappa shape index (κ1) is 20.7. The average Bonchev–Trinajstić information content (AvgIpc) is 3.04. The predicted molar refractivity (Wildman–Crippen MR) is 102 cm³/mol. The molecule has 0 saturated carbocycles. The Labute approximate surface area is 159 Å². The van der Waals surface area contributed by atoms with E-state index >= 15 is 0 Å². The number of piperazine rings is 1. The fourth-order valence-electron chi connectivity index (χ4n) is 2.35. The summed E-state index contributed by atoms with van der Waals surface area (Å²) in [7, 11) is -1.69. The van der Waals surface area contributed by atoms with Crippen molar-refractivity contribution in [2.45, 2.75) is 12.2 Å². The highest BCUT2D eigenvalue weighted by Crippen LogP contribution is 2.12. The van der Waals surface area contributed by atoms with Crippen LogP contribution in [0, 0.1) is 12.3 Å². The molecule has 0 atom stereocenters. The molecule has 1 N–H and O–H groups in total. The Morgan fingerprint density at radius 2 is 2.17 bits per heavy atom. The van der Waals surface area contributed by atoms with Gasteiger partial charge < -0.3 is 14.7 Å². The Bertz CT molecular complexity index is 661. The van der Waals surface area contributed by atoms with Gasteiger partial charge in [0.05, 0.1) is 5.69 Å². The van der Waals surface area contributed by atoms with Gasteiger partial charge in [-0.3, -0.25) is 4.99 Å². The highest BCUT2D eigenvalue weighted by molar-refractivity contribution is 14.0. The maximum absolute atomic E-state index is 12.4. The second-order valence-corrected chi connectivity index (χ2v) is 7.03. The number of hydrogen-bond donors (Lipinski definition) is 1. The van der Waals surface area contributed by atoms with Crippen molar-refractivity contribution in [2.24, 2.45) is 4.99 Å². The van der Waals surface area contributed by atoms with Gasteiger partial charge in [0.25, 0.3) is 0 Å². The lowest BCUT2D eigenvalue weighted by atomic mass is 10.4. The minimum absolute atomic E-state index is 0. The Morgan fingerprint density at radius 1 is 1.46 bits per heavy atom. The molecule has 1 aromatic rings. The maximum Gasteiger partial charge on any atom is 0.220 e. The lowest BCUT2D eigenvalue weighted by Gasteiger charge is -2.35. The van der Waals surface area contributed by atoms with Gasteiger partial charge in [0, 0.05) is 52.3 Å². The molecule has 1 saturated heterocycles. The smallest absolute Gasteiger partial charge is 0.220 e. The van der Waals surface area contributed by atoms with Crippen LogP contribution in [-0.2, 0) is 15.8 Å². The summed E-state index contributed by atoms with van der Waals surface area (Å²) in [5, 5.41) is 6.83. The topological polar surface area (TPSA) is 91.0 Å². The fourth-order valence-corrected chi connectivity index (χ4v) is 3.77. The van der Waals surface area contributed by atoms with E-state index in [-0.39, 0.29) is 29.7 Å². The summed E-state index contributed by atoms with van der Waals surface area (Å²) in [6, 6.07) is 1.56. The highest BCUT2D eigenvalue weighted by atomic mass is 127. The van der Waals surface area contributed by atoms with E-state index < -0.39 is 10.0 Å². The molecular weight excluding hydrogens is 445 g/mol. The number of aliphatic imine (C=N–C) groups is 1. The Balaban J connectivity index is 0.00000288. The van der Waals surface area contributed by atoms with E-state index in [9.17, 15) is 8.42 Å². The zero-order valence-corrected chi connectivity index (χ0v) is 16.7. The first-order valence-corrected chi connectivity index (χ1v) is 8.94. The molecular formula is C14H22IN5O3S. The van der Waals surface area contributed by atoms with E-state index in [1.54, 1.807) is 13.1 Å². The van der Waals surface area contributed by atoms with E-state index in [1.807, 2.05) is 4.90 Å². The van der Waals surface area contributed by atoms with Crippen molar-refractivity contribution in [2.75, 3.05) is 39.8 Å². The Morgan fingerprint density at radius 3 is 2.71 bits per heavy atom. The number of guanidine groups is 1. The summed E-state index contributed by atoms with van der Waals surface area (Å²) in [4.78, 5) is 6.23. The van der Waals surface area contributed by atoms with Crippen molar-refractivity contribution in [1.29, 1.82) is 0 Å². The number of sulfonamides is 1. The zero-order valence-electron chi connectivity index (χ0n) is 13.5. The quantitative estimate of drug-likeness (QED) is 0.221. The van der Waals surface area contributed by atoms with Gasteiger partial charge in [-0.1, -0.05) is 5.16 Å². The minimum atomic E-state index is -3.39. The molecule has 2 heterocycles. The maximum atomic E-state index is 12.4. The summed E-state index contributed by atoms with van der Waals surface area (Å²) in [5.74, 6) is 3.16. The van der Waals surface area contributed by atoms with Gasteiger partial charge in [0.1, 0.15) is 12.0 Å². The Hall–Kier alpha value is -1.32. The third-order valence-corrected chi connectivity index (χ3v) is 5.33. The van der Waals surface area contributed by atoms with Crippen LogP contribution in [0.2, 0.25) is 0 Å². The van der Waals surface area contributed by atoms with E-state index in [2.05, 4.69) is 25.9 Å². The second-order valence-electron chi connectivity index (χ2n) is 5.06. The first-order chi connectivity index (χ1) is 11.1. The molecule has 1 aliphatic heterocycles. The van der Waals surface area contributed by atoms with Crippen LogP contribution >= 0.6 is 24.0 Å². The van der Waals surface area contributed by atoms with Gasteiger partial charge in [0.15, 0.2) is 5.96 Å². The molecule has 2 rings (SSSR count). The molecule has 8 nitrogen and oxygen atoms in total. The van der Waals surface area contributed by atoms with E-state index in [0.29, 0.717) is 44.8 Å². The first-order valence-electron chi connectivity index (χ1n) is 7.33. The number of nitrogens with one attached hydrogen (secondary N) is 1. The Kier molecular flexibility index (Phi) is 8.51. The van der Waals surface area contributed by atoms with Crippen LogP contribution in [-0.4, -0.2) is 68.5 Å². The molecule has 0 aliphatic carbocycles. The van der Waals surface area contributed by atoms with Crippen LogP contribution in [0.15, 0.2) is 21.8 Å². The molecule has 0 radical (unpaired) electrons. The molecule has 0 amide bonds. The number of aromatic nitrogens is 1. The van der Waals surface area contributed by atoms with Crippen LogP contribution < -0.4 is 5.32 Å². The van der Waals surface area contributed by atoms with Gasteiger partial charge in [-0.15, -0.1) is 36.3 Å². The zero-order chi connectivity index (χ0) is 16.7. The molecule has 134 valence electrons. The van der Waals surface area contributed by atoms with Gasteiger partial charge in [-0.2, -0.15) is 4.31 Å². The predicted octanol–water partition coefficient (Wildman–Crippen LogP) is 0.339. The molecule has 1 aromatic heterocycles. The highest BCUT2D eigenvalue weighted by Gasteiger charge is 2.28. The van der Waals surface area contributed by atoms with Crippen molar-refractivity contribution in [3.05, 3.63) is 18.0 Å². The van der Waals surface area contributed by atoms with Gasteiger partial charge >= 0.3 is 0 Å². The van der Waals surface area contributed by atoms with Crippen LogP contribution in [0.5, 0.6) is 0 Å². The van der Waals surface area contributed by atoms with E-state index in [4.69, 9.17) is 6.42 Å². The fraction of sp³-hybridized carbons (Fsp3) is 0.571. The summed E-state index contributed by atoms with van der Waals surface area (Å²) in [6.45, 7) is 2.63. The molecule has 0 spiro atoms. The lowest BCUT2D eigenvalue weighted by molar-refractivity contribution is 0.260. The number of rotatable bonds is 5. The van der Waals surface area contributed by atoms with Gasteiger partial charge in [-0.25, -0.2) is 8.42 Å². The van der Waals surface area contributed by atoms with Crippen LogP contribution in [0.3, 0.4) is 0 Å². The molecule has 24 heavy (non-hydrogen) atoms. The summed E-state index contributed by atoms with van der Waals surface area (Å²) >= 11 is 0. The molecule has 1 aliphatic rings. The summed E-state index contributed by atoms with van der Waals surface area (Å²) < 4.78 is 30.9. The monoisotopic (exact) mass is 467 g/mol. The average molecular weight is 467 g/mol. The third kappa shape index (κ3) is 5.64. The number of hydrogen-bond acceptors (Lipinski definition) is 5. The van der Waals surface area contributed by atoms with Crippen molar-refractivity contribution in [1.82, 2.24) is 19.7 Å². The molecule has 0 bridgehead atoms. The third-order valence-electron chi connectivity index (χ3n) is 3.52. The molecule has 1 fully saturated rings. The van der Waals surface area contributed by atoms with Crippen LogP contribution in [0.1, 0.15) is 12.1 Å². The van der Waals surface area contributed by atoms with Crippen LogP contribution in [0.25, 0.3) is 0 Å². The van der Waals surface area contributed by atoms with Gasteiger partial charge in [0.2, 0.25) is 10.0 Å². The van der Waals surface area contributed by atoms with Crippen LogP contribution in [0.4, 0.5) is 0 Å². The van der Waals surface area contributed by atoms with Crippen molar-refractivity contribution >= 4 is 40.0 Å². The van der Waals surface area contributed by atoms with Crippen molar-refractivity contribution < 1.29 is 12.9 Å². The van der Waals surface area contributed by atoms with Crippen molar-refractivity contribution in [3.8, 4) is 12.3 Å². The molecule has 0 unspecified atom stereocenters. The largest absolute Gasteiger partial charge is 0.364 e. The minimum Gasteiger partial charge on any atom is -0.364 e. The summed E-state index contributed by atoms with van der Waals surface area (Å²) in [5.41, 5.74) is 0.416. The SMILES string of the molecule is C#CCCNC(=NC)N1CCN(S(=O)(=O)Cc2ccon2)CC1.I. The number of terminal acetylenes is 1. The van der Waals surface area contributed by atoms with E-state index in [1.165, 1.54) is 10.6 Å². The number of halogens is 1. The van der Waals surface area contributed by atoms with Gasteiger partial charge in [-0.05, 0) is 0 Å². The standard InChI is InChI=1S/C14H21N5O3S.HI/c1-3-4-6-16-14(15-2)18-7-9-19(10-8-18)23(20,21)12-13-5-11-22-17-13;/h1,5,11H,4,6-10,12H2,2H3,(H,15,16);1H. The lowest BCUT2D eigenvalue weighted by Crippen LogP contribution is -2.53. The van der Waals surface area contributed by atoms with Crippen molar-refractivity contribution in [3.63, 3.8) is 0 Å². The number of nitrogens with zero attached hydrogens (tertiary/aromatic N) is 4. The molecule has 0 aromatic carbocycles. The molecule has 10 heteroatoms.